The van der Waals surface area contributed by atoms with Crippen molar-refractivity contribution >= 4 is 0 Å². The second kappa shape index (κ2) is 7.49. The van der Waals surface area contributed by atoms with Gasteiger partial charge < -0.3 is 5.32 Å². The molecule has 0 aromatic heterocycles. The van der Waals surface area contributed by atoms with E-state index in [4.69, 9.17) is 0 Å². The molecule has 2 aliphatic rings. The zero-order chi connectivity index (χ0) is 12.8. The molecule has 2 rings (SSSR count). The Balaban J connectivity index is 1.97. The Morgan fingerprint density at radius 2 is 1.78 bits per heavy atom. The van der Waals surface area contributed by atoms with Crippen LogP contribution in [0.25, 0.3) is 0 Å². The molecule has 0 bridgehead atoms. The van der Waals surface area contributed by atoms with Gasteiger partial charge in [0.25, 0.3) is 0 Å². The molecule has 106 valence electrons. The maximum atomic E-state index is 3.61. The van der Waals surface area contributed by atoms with Crippen LogP contribution in [0.2, 0.25) is 0 Å². The van der Waals surface area contributed by atoms with Gasteiger partial charge in [0.2, 0.25) is 0 Å². The molecule has 1 heterocycles. The molecule has 0 spiro atoms. The summed E-state index contributed by atoms with van der Waals surface area (Å²) in [6, 6.07) is 1.55. The molecule has 1 aliphatic heterocycles. The fourth-order valence-corrected chi connectivity index (χ4v) is 3.97. The van der Waals surface area contributed by atoms with E-state index in [9.17, 15) is 0 Å². The lowest BCUT2D eigenvalue weighted by atomic mass is 9.88. The quantitative estimate of drug-likeness (QED) is 0.828. The van der Waals surface area contributed by atoms with E-state index < -0.39 is 0 Å². The zero-order valence-corrected chi connectivity index (χ0v) is 12.5. The number of piperidine rings is 1. The summed E-state index contributed by atoms with van der Waals surface area (Å²) >= 11 is 0. The third kappa shape index (κ3) is 3.71. The second-order valence-corrected chi connectivity index (χ2v) is 6.37. The van der Waals surface area contributed by atoms with Crippen LogP contribution in [-0.2, 0) is 0 Å². The van der Waals surface area contributed by atoms with Gasteiger partial charge in [0, 0.05) is 18.6 Å². The van der Waals surface area contributed by atoms with Crippen LogP contribution in [0.5, 0.6) is 0 Å². The van der Waals surface area contributed by atoms with Crippen molar-refractivity contribution in [2.24, 2.45) is 5.92 Å². The minimum atomic E-state index is 0.737. The Morgan fingerprint density at radius 3 is 2.50 bits per heavy atom. The summed E-state index contributed by atoms with van der Waals surface area (Å²) in [6.07, 6.45) is 12.8. The van der Waals surface area contributed by atoms with Crippen molar-refractivity contribution in [2.75, 3.05) is 20.1 Å². The number of hydrogen-bond acceptors (Lipinski definition) is 2. The fraction of sp³-hybridized carbons (Fsp3) is 1.00. The third-order valence-corrected chi connectivity index (χ3v) is 5.20. The third-order valence-electron chi connectivity index (χ3n) is 5.20. The molecule has 3 atom stereocenters. The molecule has 0 aromatic rings. The Bertz CT molecular complexity index is 229. The van der Waals surface area contributed by atoms with Gasteiger partial charge in [-0.2, -0.15) is 0 Å². The maximum absolute atomic E-state index is 3.61. The monoisotopic (exact) mass is 252 g/mol. The molecule has 0 radical (unpaired) electrons. The zero-order valence-electron chi connectivity index (χ0n) is 12.5. The first-order valence-electron chi connectivity index (χ1n) is 8.26. The Morgan fingerprint density at radius 1 is 1.00 bits per heavy atom. The second-order valence-electron chi connectivity index (χ2n) is 6.37. The average Bonchev–Trinajstić information content (AvgIpc) is 2.39. The van der Waals surface area contributed by atoms with Gasteiger partial charge in [-0.3, -0.25) is 4.90 Å². The molecule has 0 amide bonds. The van der Waals surface area contributed by atoms with Crippen LogP contribution in [0.4, 0.5) is 0 Å². The lowest BCUT2D eigenvalue weighted by molar-refractivity contribution is 0.0845. The number of hydrogen-bond donors (Lipinski definition) is 1. The van der Waals surface area contributed by atoms with E-state index >= 15 is 0 Å². The summed E-state index contributed by atoms with van der Waals surface area (Å²) in [5.74, 6) is 0.960. The summed E-state index contributed by atoms with van der Waals surface area (Å²) in [5.41, 5.74) is 0. The van der Waals surface area contributed by atoms with E-state index in [1.54, 1.807) is 0 Å². The fourth-order valence-electron chi connectivity index (χ4n) is 3.97. The predicted octanol–water partition coefficient (Wildman–Crippen LogP) is 3.42. The molecule has 1 saturated heterocycles. The van der Waals surface area contributed by atoms with Crippen molar-refractivity contribution < 1.29 is 0 Å². The number of likely N-dealkylation sites (N-methyl/N-ethyl adjacent to an activating group) is 1. The van der Waals surface area contributed by atoms with Gasteiger partial charge in [-0.25, -0.2) is 0 Å². The highest BCUT2D eigenvalue weighted by Gasteiger charge is 2.30. The van der Waals surface area contributed by atoms with E-state index in [0.717, 1.165) is 18.0 Å². The van der Waals surface area contributed by atoms with Crippen molar-refractivity contribution in [1.82, 2.24) is 10.2 Å². The molecule has 3 unspecified atom stereocenters. The van der Waals surface area contributed by atoms with E-state index in [2.05, 4.69) is 24.2 Å². The summed E-state index contributed by atoms with van der Waals surface area (Å²) in [6.45, 7) is 5.07. The highest BCUT2D eigenvalue weighted by atomic mass is 15.2. The van der Waals surface area contributed by atoms with Gasteiger partial charge in [0.1, 0.15) is 0 Å². The molecular weight excluding hydrogens is 220 g/mol. The largest absolute Gasteiger partial charge is 0.315 e. The average molecular weight is 252 g/mol. The maximum Gasteiger partial charge on any atom is 0.0249 e. The topological polar surface area (TPSA) is 15.3 Å². The van der Waals surface area contributed by atoms with Crippen LogP contribution >= 0.6 is 0 Å². The SMILES string of the molecule is CCC1CCCN(C2CCCCCCC2NC)C1. The van der Waals surface area contributed by atoms with Crippen molar-refractivity contribution in [2.45, 2.75) is 76.8 Å². The highest BCUT2D eigenvalue weighted by molar-refractivity contribution is 4.88. The van der Waals surface area contributed by atoms with Gasteiger partial charge in [0.15, 0.2) is 0 Å². The molecule has 1 saturated carbocycles. The molecule has 2 fully saturated rings. The van der Waals surface area contributed by atoms with E-state index in [1.165, 1.54) is 70.9 Å². The molecule has 1 N–H and O–H groups in total. The van der Waals surface area contributed by atoms with Gasteiger partial charge >= 0.3 is 0 Å². The normalized spacial score (nSPS) is 36.0. The first-order chi connectivity index (χ1) is 8.85. The number of nitrogens with one attached hydrogen (secondary N) is 1. The lowest BCUT2D eigenvalue weighted by Gasteiger charge is -2.42. The summed E-state index contributed by atoms with van der Waals surface area (Å²) < 4.78 is 0. The van der Waals surface area contributed by atoms with E-state index in [-0.39, 0.29) is 0 Å². The van der Waals surface area contributed by atoms with Gasteiger partial charge in [-0.1, -0.05) is 39.0 Å². The highest BCUT2D eigenvalue weighted by Crippen LogP contribution is 2.27. The minimum absolute atomic E-state index is 0.737. The molecule has 0 aromatic carbocycles. The summed E-state index contributed by atoms with van der Waals surface area (Å²) in [5, 5.41) is 3.61. The standard InChI is InChI=1S/C16H32N2/c1-3-14-9-8-12-18(13-14)16-11-7-5-4-6-10-15(16)17-2/h14-17H,3-13H2,1-2H3. The first kappa shape index (κ1) is 14.3. The van der Waals surface area contributed by atoms with Gasteiger partial charge in [-0.05, 0) is 45.2 Å². The van der Waals surface area contributed by atoms with Gasteiger partial charge in [0.05, 0.1) is 0 Å². The Labute approximate surface area is 114 Å². The first-order valence-corrected chi connectivity index (χ1v) is 8.26. The van der Waals surface area contributed by atoms with Crippen LogP contribution in [0, 0.1) is 5.92 Å². The number of likely N-dealkylation sites (tertiary alicyclic amines) is 1. The summed E-state index contributed by atoms with van der Waals surface area (Å²) in [4.78, 5) is 2.82. The van der Waals surface area contributed by atoms with E-state index in [0.29, 0.717) is 0 Å². The molecule has 2 heteroatoms. The van der Waals surface area contributed by atoms with Gasteiger partial charge in [-0.15, -0.1) is 0 Å². The van der Waals surface area contributed by atoms with Crippen molar-refractivity contribution in [3.05, 3.63) is 0 Å². The van der Waals surface area contributed by atoms with Crippen LogP contribution in [0.15, 0.2) is 0 Å². The molecule has 18 heavy (non-hydrogen) atoms. The van der Waals surface area contributed by atoms with Crippen molar-refractivity contribution in [1.29, 1.82) is 0 Å². The Kier molecular flexibility index (Phi) is 5.97. The smallest absolute Gasteiger partial charge is 0.0249 e. The molecule has 1 aliphatic carbocycles. The summed E-state index contributed by atoms with van der Waals surface area (Å²) in [7, 11) is 2.17. The van der Waals surface area contributed by atoms with Crippen LogP contribution in [0.1, 0.15) is 64.7 Å². The minimum Gasteiger partial charge on any atom is -0.315 e. The van der Waals surface area contributed by atoms with Crippen LogP contribution in [-0.4, -0.2) is 37.1 Å². The van der Waals surface area contributed by atoms with Crippen molar-refractivity contribution in [3.63, 3.8) is 0 Å². The Hall–Kier alpha value is -0.0800. The molecular formula is C16H32N2. The number of rotatable bonds is 3. The van der Waals surface area contributed by atoms with Crippen molar-refractivity contribution in [3.8, 4) is 0 Å². The molecule has 2 nitrogen and oxygen atoms in total. The van der Waals surface area contributed by atoms with Crippen LogP contribution < -0.4 is 5.32 Å². The predicted molar refractivity (Wildman–Crippen MR) is 78.9 cm³/mol. The number of nitrogens with zero attached hydrogens (tertiary/aromatic N) is 1. The van der Waals surface area contributed by atoms with E-state index in [1.807, 2.05) is 0 Å². The van der Waals surface area contributed by atoms with Crippen LogP contribution in [0.3, 0.4) is 0 Å². The lowest BCUT2D eigenvalue weighted by Crippen LogP contribution is -2.52.